The Hall–Kier alpha value is -3.88. The van der Waals surface area contributed by atoms with E-state index in [1.807, 2.05) is 0 Å². The molecule has 1 N–H and O–H groups in total. The molecule has 1 aromatic carbocycles. The molecule has 214 valence electrons. The Kier molecular flexibility index (Phi) is 8.07. The van der Waals surface area contributed by atoms with E-state index in [1.165, 1.54) is 12.3 Å². The lowest BCUT2D eigenvalue weighted by Crippen LogP contribution is -2.24. The van der Waals surface area contributed by atoms with Gasteiger partial charge in [0, 0.05) is 33.9 Å². The number of benzene rings is 1. The number of nitrogens with zero attached hydrogens (tertiary/aromatic N) is 4. The minimum Gasteiger partial charge on any atom is -0.477 e. The number of fused-ring (bicyclic) bond motifs is 2. The van der Waals surface area contributed by atoms with Gasteiger partial charge in [0.25, 0.3) is 12.3 Å². The maximum atomic E-state index is 14.2. The molecule has 3 aromatic heterocycles. The molecule has 41 heavy (non-hydrogen) atoms. The Morgan fingerprint density at radius 3 is 2.76 bits per heavy atom. The second kappa shape index (κ2) is 11.5. The summed E-state index contributed by atoms with van der Waals surface area (Å²) < 4.78 is 76.0. The number of sulfone groups is 1. The first-order valence-electron chi connectivity index (χ1n) is 12.2. The Balaban J connectivity index is 1.39. The first kappa shape index (κ1) is 28.6. The average molecular weight is 608 g/mol. The molecule has 0 radical (unpaired) electrons. The molecule has 1 aliphatic heterocycles. The van der Waals surface area contributed by atoms with Gasteiger partial charge in [-0.05, 0) is 37.3 Å². The van der Waals surface area contributed by atoms with Crippen molar-refractivity contribution in [2.75, 3.05) is 13.2 Å². The van der Waals surface area contributed by atoms with Crippen LogP contribution in [0.25, 0.3) is 22.2 Å². The molecule has 4 aromatic rings. The molecule has 0 saturated carbocycles. The number of aromatic nitrogens is 4. The number of amides is 1. The van der Waals surface area contributed by atoms with Crippen molar-refractivity contribution in [1.82, 2.24) is 25.3 Å². The summed E-state index contributed by atoms with van der Waals surface area (Å²) in [6, 6.07) is 7.35. The summed E-state index contributed by atoms with van der Waals surface area (Å²) in [4.78, 5) is 28.9. The van der Waals surface area contributed by atoms with Gasteiger partial charge in [-0.3, -0.25) is 9.78 Å². The van der Waals surface area contributed by atoms with Crippen LogP contribution >= 0.6 is 11.6 Å². The van der Waals surface area contributed by atoms with E-state index in [-0.39, 0.29) is 41.8 Å². The van der Waals surface area contributed by atoms with Crippen LogP contribution < -0.4 is 10.1 Å². The molecule has 1 atom stereocenters. The fraction of sp³-hybridized carbons (Fsp3) is 0.269. The van der Waals surface area contributed by atoms with E-state index < -0.39 is 45.0 Å². The highest BCUT2D eigenvalue weighted by molar-refractivity contribution is 7.92. The number of carbonyl (C=O) groups is 1. The van der Waals surface area contributed by atoms with Crippen LogP contribution in [0.1, 0.15) is 40.8 Å². The van der Waals surface area contributed by atoms with Gasteiger partial charge in [-0.1, -0.05) is 11.6 Å². The van der Waals surface area contributed by atoms with Crippen molar-refractivity contribution in [3.63, 3.8) is 0 Å². The second-order valence-corrected chi connectivity index (χ2v) is 11.3. The van der Waals surface area contributed by atoms with E-state index >= 15 is 0 Å². The number of alkyl halides is 3. The lowest BCUT2D eigenvalue weighted by Gasteiger charge is -2.12. The first-order chi connectivity index (χ1) is 19.6. The van der Waals surface area contributed by atoms with E-state index in [2.05, 4.69) is 25.3 Å². The minimum atomic E-state index is -4.40. The van der Waals surface area contributed by atoms with Crippen molar-refractivity contribution in [3.8, 4) is 17.1 Å². The van der Waals surface area contributed by atoms with Gasteiger partial charge >= 0.3 is 0 Å². The predicted octanol–water partition coefficient (Wildman–Crippen LogP) is 4.61. The van der Waals surface area contributed by atoms with Gasteiger partial charge in [0.05, 0.1) is 53.7 Å². The molecule has 0 fully saturated rings. The number of pyridine rings is 2. The van der Waals surface area contributed by atoms with Crippen molar-refractivity contribution in [2.45, 2.75) is 36.9 Å². The molecule has 15 heteroatoms. The number of ether oxygens (including phenoxy) is 2. The third-order valence-electron chi connectivity index (χ3n) is 6.14. The molecule has 1 amide bonds. The zero-order valence-corrected chi connectivity index (χ0v) is 22.8. The SMILES string of the molecule is CCOc1nc(C(F)F)ncc1-c1ccc2cnc(CNC(=O)c3cc(Cl)c4c(c3)S(=O)(=O)[C@@H](F)COC4)cc2n1. The summed E-state index contributed by atoms with van der Waals surface area (Å²) in [5.74, 6) is -1.35. The monoisotopic (exact) mass is 607 g/mol. The molecular weight excluding hydrogens is 587 g/mol. The smallest absolute Gasteiger partial charge is 0.297 e. The number of carbonyl (C=O) groups excluding carboxylic acids is 1. The van der Waals surface area contributed by atoms with E-state index in [0.717, 1.165) is 6.07 Å². The Morgan fingerprint density at radius 2 is 2.00 bits per heavy atom. The van der Waals surface area contributed by atoms with Gasteiger partial charge < -0.3 is 14.8 Å². The topological polar surface area (TPSA) is 133 Å². The normalized spacial score (nSPS) is 16.3. The molecule has 5 rings (SSSR count). The fourth-order valence-corrected chi connectivity index (χ4v) is 5.79. The fourth-order valence-electron chi connectivity index (χ4n) is 4.10. The number of hydrogen-bond donors (Lipinski definition) is 1. The molecule has 1 aliphatic rings. The van der Waals surface area contributed by atoms with Crippen molar-refractivity contribution in [1.29, 1.82) is 0 Å². The Labute approximate surface area is 236 Å². The number of halogens is 4. The van der Waals surface area contributed by atoms with Crippen LogP contribution in [0.15, 0.2) is 47.6 Å². The largest absolute Gasteiger partial charge is 0.477 e. The second-order valence-electron chi connectivity index (χ2n) is 8.83. The van der Waals surface area contributed by atoms with Crippen LogP contribution in [0.5, 0.6) is 5.88 Å². The van der Waals surface area contributed by atoms with Crippen molar-refractivity contribution in [2.24, 2.45) is 0 Å². The van der Waals surface area contributed by atoms with Gasteiger partial charge in [-0.15, -0.1) is 0 Å². The van der Waals surface area contributed by atoms with Crippen molar-refractivity contribution < 1.29 is 35.9 Å². The molecule has 4 heterocycles. The van der Waals surface area contributed by atoms with E-state index in [9.17, 15) is 26.4 Å². The van der Waals surface area contributed by atoms with Crippen LogP contribution in [-0.4, -0.2) is 53.0 Å². The van der Waals surface area contributed by atoms with Crippen LogP contribution in [0.3, 0.4) is 0 Å². The van der Waals surface area contributed by atoms with Crippen LogP contribution in [0.4, 0.5) is 13.2 Å². The minimum absolute atomic E-state index is 0.0294. The van der Waals surface area contributed by atoms with Gasteiger partial charge in [-0.2, -0.15) is 4.98 Å². The number of nitrogens with one attached hydrogen (secondary N) is 1. The van der Waals surface area contributed by atoms with Gasteiger partial charge in [-0.25, -0.2) is 31.6 Å². The molecule has 0 bridgehead atoms. The average Bonchev–Trinajstić information content (AvgIpc) is 3.06. The lowest BCUT2D eigenvalue weighted by atomic mass is 10.1. The van der Waals surface area contributed by atoms with Crippen LogP contribution in [0.2, 0.25) is 5.02 Å². The molecule has 0 spiro atoms. The maximum Gasteiger partial charge on any atom is 0.297 e. The van der Waals surface area contributed by atoms with Crippen LogP contribution in [0, 0.1) is 0 Å². The van der Waals surface area contributed by atoms with Crippen molar-refractivity contribution in [3.05, 3.63) is 70.4 Å². The van der Waals surface area contributed by atoms with Crippen LogP contribution in [-0.2, 0) is 27.7 Å². The number of hydrogen-bond acceptors (Lipinski definition) is 9. The summed E-state index contributed by atoms with van der Waals surface area (Å²) in [5.41, 5.74) is -0.687. The van der Waals surface area contributed by atoms with E-state index in [4.69, 9.17) is 21.1 Å². The third-order valence-corrected chi connectivity index (χ3v) is 8.26. The molecule has 0 aliphatic carbocycles. The van der Waals surface area contributed by atoms with Gasteiger partial charge in [0.2, 0.25) is 21.2 Å². The molecule has 0 saturated heterocycles. The predicted molar refractivity (Wildman–Crippen MR) is 141 cm³/mol. The summed E-state index contributed by atoms with van der Waals surface area (Å²) >= 11 is 6.22. The molecule has 0 unspecified atom stereocenters. The summed E-state index contributed by atoms with van der Waals surface area (Å²) in [7, 11) is -4.40. The quantitative estimate of drug-likeness (QED) is 0.320. The molecule has 10 nitrogen and oxygen atoms in total. The Bertz CT molecular complexity index is 1760. The van der Waals surface area contributed by atoms with Gasteiger partial charge in [0.15, 0.2) is 5.82 Å². The summed E-state index contributed by atoms with van der Waals surface area (Å²) in [6.07, 6.45) is -0.0997. The first-order valence-corrected chi connectivity index (χ1v) is 14.1. The van der Waals surface area contributed by atoms with Crippen molar-refractivity contribution >= 4 is 38.2 Å². The lowest BCUT2D eigenvalue weighted by molar-refractivity contribution is 0.0947. The molecular formula is C26H21ClF3N5O5S. The highest BCUT2D eigenvalue weighted by Crippen LogP contribution is 2.33. The van der Waals surface area contributed by atoms with E-state index in [1.54, 1.807) is 31.3 Å². The maximum absolute atomic E-state index is 14.2. The highest BCUT2D eigenvalue weighted by Gasteiger charge is 2.34. The summed E-state index contributed by atoms with van der Waals surface area (Å²) in [5, 5.41) is 3.26. The van der Waals surface area contributed by atoms with Gasteiger partial charge in [0.1, 0.15) is 0 Å². The zero-order chi connectivity index (χ0) is 29.3. The zero-order valence-electron chi connectivity index (χ0n) is 21.3. The Morgan fingerprint density at radius 1 is 1.20 bits per heavy atom. The summed E-state index contributed by atoms with van der Waals surface area (Å²) in [6.45, 7) is 0.975. The standard InChI is InChI=1S/C26H21ClF3N5O5S/c1-2-40-26-16(10-32-24(35-26)23(29)30)19-4-3-13-8-31-15(7-20(13)34-19)9-33-25(36)14-5-18(27)17-11-39-12-22(28)41(37,38)21(17)6-14/h3-8,10,22-23H,2,9,11-12H2,1H3,(H,33,36)/t22-/m1/s1. The highest BCUT2D eigenvalue weighted by atomic mass is 35.5. The number of rotatable bonds is 7. The van der Waals surface area contributed by atoms with E-state index in [0.29, 0.717) is 27.9 Å². The third kappa shape index (κ3) is 5.80.